The number of ether oxygens (including phenoxy) is 2. The summed E-state index contributed by atoms with van der Waals surface area (Å²) in [6.07, 6.45) is 0.746. The van der Waals surface area contributed by atoms with Crippen LogP contribution in [-0.4, -0.2) is 30.8 Å². The van der Waals surface area contributed by atoms with Crippen molar-refractivity contribution in [3.05, 3.63) is 63.1 Å². The molecular formula is C24H28ClN3O3. The van der Waals surface area contributed by atoms with Crippen molar-refractivity contribution in [3.63, 3.8) is 0 Å². The van der Waals surface area contributed by atoms with E-state index in [1.807, 2.05) is 30.1 Å². The van der Waals surface area contributed by atoms with Crippen molar-refractivity contribution in [1.29, 1.82) is 0 Å². The summed E-state index contributed by atoms with van der Waals surface area (Å²) >= 11 is 0. The average molecular weight is 442 g/mol. The highest BCUT2D eigenvalue weighted by Gasteiger charge is 2.23. The second-order valence-corrected chi connectivity index (χ2v) is 7.85. The predicted molar refractivity (Wildman–Crippen MR) is 127 cm³/mol. The lowest BCUT2D eigenvalue weighted by molar-refractivity contribution is 0.354. The molecule has 0 saturated carbocycles. The van der Waals surface area contributed by atoms with E-state index in [1.54, 1.807) is 18.8 Å². The second-order valence-electron chi connectivity index (χ2n) is 7.85. The number of nitrogens with zero attached hydrogens (tertiary/aromatic N) is 3. The molecule has 0 spiro atoms. The van der Waals surface area contributed by atoms with Crippen LogP contribution in [0.5, 0.6) is 11.5 Å². The number of halogens is 1. The van der Waals surface area contributed by atoms with Gasteiger partial charge in [-0.2, -0.15) is 4.98 Å². The first-order valence-electron chi connectivity index (χ1n) is 10.0. The standard InChI is InChI=1S/C24H27N3O3.ClH/c1-14-9-15(2)23(16(3)10-14)26(4)22-13-19-18-12-21(30-6)20(29-5)11-17(18)7-8-27(19)24(28)25-22;/h9-13H,7-8H2,1-6H3;1H. The number of hydrogen-bond donors (Lipinski definition) is 0. The van der Waals surface area contributed by atoms with E-state index in [9.17, 15) is 4.79 Å². The van der Waals surface area contributed by atoms with Crippen LogP contribution < -0.4 is 20.1 Å². The quantitative estimate of drug-likeness (QED) is 0.592. The van der Waals surface area contributed by atoms with Crippen LogP contribution >= 0.6 is 12.4 Å². The van der Waals surface area contributed by atoms with Gasteiger partial charge in [-0.15, -0.1) is 12.4 Å². The number of aryl methyl sites for hydroxylation is 4. The molecule has 3 aromatic rings. The zero-order valence-corrected chi connectivity index (χ0v) is 19.6. The van der Waals surface area contributed by atoms with Gasteiger partial charge in [-0.25, -0.2) is 4.79 Å². The van der Waals surface area contributed by atoms with Gasteiger partial charge in [0.05, 0.1) is 19.9 Å². The fourth-order valence-electron chi connectivity index (χ4n) is 4.52. The van der Waals surface area contributed by atoms with Crippen LogP contribution in [0.4, 0.5) is 11.5 Å². The summed E-state index contributed by atoms with van der Waals surface area (Å²) in [6, 6.07) is 10.2. The van der Waals surface area contributed by atoms with E-state index < -0.39 is 0 Å². The monoisotopic (exact) mass is 441 g/mol. The van der Waals surface area contributed by atoms with Crippen molar-refractivity contribution in [3.8, 4) is 22.8 Å². The number of benzene rings is 2. The van der Waals surface area contributed by atoms with Gasteiger partial charge in [-0.05, 0) is 56.0 Å². The molecule has 0 unspecified atom stereocenters. The topological polar surface area (TPSA) is 56.6 Å². The largest absolute Gasteiger partial charge is 0.493 e. The lowest BCUT2D eigenvalue weighted by atomic mass is 9.96. The highest BCUT2D eigenvalue weighted by Crippen LogP contribution is 2.39. The Balaban J connectivity index is 0.00000272. The summed E-state index contributed by atoms with van der Waals surface area (Å²) in [4.78, 5) is 19.3. The summed E-state index contributed by atoms with van der Waals surface area (Å²) in [5.41, 5.74) is 7.32. The van der Waals surface area contributed by atoms with Gasteiger partial charge in [0.1, 0.15) is 5.82 Å². The molecule has 6 nitrogen and oxygen atoms in total. The number of hydrogen-bond acceptors (Lipinski definition) is 5. The Hall–Kier alpha value is -2.99. The van der Waals surface area contributed by atoms with Crippen molar-refractivity contribution in [2.75, 3.05) is 26.2 Å². The van der Waals surface area contributed by atoms with Crippen LogP contribution in [0, 0.1) is 20.8 Å². The van der Waals surface area contributed by atoms with E-state index in [2.05, 4.69) is 37.9 Å². The van der Waals surface area contributed by atoms with Crippen molar-refractivity contribution >= 4 is 23.9 Å². The van der Waals surface area contributed by atoms with Gasteiger partial charge >= 0.3 is 5.69 Å². The third-order valence-electron chi connectivity index (χ3n) is 5.80. The number of aromatic nitrogens is 2. The predicted octanol–water partition coefficient (Wildman–Crippen LogP) is 4.60. The van der Waals surface area contributed by atoms with Crippen molar-refractivity contribution in [2.45, 2.75) is 33.7 Å². The van der Waals surface area contributed by atoms with E-state index in [-0.39, 0.29) is 18.1 Å². The van der Waals surface area contributed by atoms with Gasteiger partial charge in [0.2, 0.25) is 0 Å². The third kappa shape index (κ3) is 3.88. The van der Waals surface area contributed by atoms with Crippen LogP contribution in [0.2, 0.25) is 0 Å². The summed E-state index contributed by atoms with van der Waals surface area (Å²) in [7, 11) is 5.21. The van der Waals surface area contributed by atoms with Gasteiger partial charge in [0.25, 0.3) is 0 Å². The van der Waals surface area contributed by atoms with Gasteiger partial charge < -0.3 is 14.4 Å². The van der Waals surface area contributed by atoms with Crippen LogP contribution in [0.1, 0.15) is 22.3 Å². The Morgan fingerprint density at radius 2 is 1.58 bits per heavy atom. The molecule has 0 aliphatic carbocycles. The molecule has 0 atom stereocenters. The Kier molecular flexibility index (Phi) is 6.32. The average Bonchev–Trinajstić information content (AvgIpc) is 2.71. The van der Waals surface area contributed by atoms with E-state index in [1.165, 1.54) is 5.56 Å². The van der Waals surface area contributed by atoms with Crippen molar-refractivity contribution in [1.82, 2.24) is 9.55 Å². The lowest BCUT2D eigenvalue weighted by Crippen LogP contribution is -2.30. The maximum absolute atomic E-state index is 12.9. The second kappa shape index (κ2) is 8.63. The third-order valence-corrected chi connectivity index (χ3v) is 5.80. The number of fused-ring (bicyclic) bond motifs is 3. The highest BCUT2D eigenvalue weighted by atomic mass is 35.5. The zero-order chi connectivity index (χ0) is 21.6. The van der Waals surface area contributed by atoms with Gasteiger partial charge in [0, 0.05) is 30.9 Å². The Labute approximate surface area is 188 Å². The van der Waals surface area contributed by atoms with Crippen LogP contribution in [0.25, 0.3) is 11.3 Å². The Morgan fingerprint density at radius 3 is 2.19 bits per heavy atom. The van der Waals surface area contributed by atoms with E-state index in [0.29, 0.717) is 23.9 Å². The first-order chi connectivity index (χ1) is 14.3. The van der Waals surface area contributed by atoms with E-state index in [0.717, 1.165) is 40.1 Å². The summed E-state index contributed by atoms with van der Waals surface area (Å²) < 4.78 is 12.7. The molecule has 2 aromatic carbocycles. The van der Waals surface area contributed by atoms with Gasteiger partial charge in [-0.1, -0.05) is 17.7 Å². The lowest BCUT2D eigenvalue weighted by Gasteiger charge is -2.27. The molecule has 164 valence electrons. The van der Waals surface area contributed by atoms with Crippen molar-refractivity contribution < 1.29 is 9.47 Å². The number of anilines is 2. The summed E-state index contributed by atoms with van der Waals surface area (Å²) in [5.74, 6) is 1.97. The molecular weight excluding hydrogens is 414 g/mol. The fraction of sp³-hybridized carbons (Fsp3) is 0.333. The van der Waals surface area contributed by atoms with E-state index in [4.69, 9.17) is 9.47 Å². The molecule has 1 aliphatic heterocycles. The molecule has 31 heavy (non-hydrogen) atoms. The van der Waals surface area contributed by atoms with Crippen LogP contribution in [0.15, 0.2) is 35.1 Å². The molecule has 2 heterocycles. The van der Waals surface area contributed by atoms with Crippen LogP contribution in [-0.2, 0) is 13.0 Å². The number of methoxy groups -OCH3 is 2. The first-order valence-corrected chi connectivity index (χ1v) is 10.0. The Bertz CT molecular complexity index is 1180. The van der Waals surface area contributed by atoms with Gasteiger partial charge in [-0.3, -0.25) is 4.57 Å². The fourth-order valence-corrected chi connectivity index (χ4v) is 4.52. The molecule has 0 bridgehead atoms. The minimum atomic E-state index is -0.239. The molecule has 0 N–H and O–H groups in total. The van der Waals surface area contributed by atoms with Crippen LogP contribution in [0.3, 0.4) is 0 Å². The zero-order valence-electron chi connectivity index (χ0n) is 18.8. The SMILES string of the molecule is COc1cc2c(cc1OC)-c1cc(N(C)c3c(C)cc(C)cc3C)nc(=O)n1CC2.Cl. The molecule has 1 aromatic heterocycles. The molecule has 0 saturated heterocycles. The molecule has 0 amide bonds. The first kappa shape index (κ1) is 22.7. The maximum Gasteiger partial charge on any atom is 0.350 e. The highest BCUT2D eigenvalue weighted by molar-refractivity contribution is 5.85. The minimum absolute atomic E-state index is 0. The minimum Gasteiger partial charge on any atom is -0.493 e. The molecule has 4 rings (SSSR count). The summed E-state index contributed by atoms with van der Waals surface area (Å²) in [5, 5.41) is 0. The molecule has 7 heteroatoms. The van der Waals surface area contributed by atoms with E-state index >= 15 is 0 Å². The normalized spacial score (nSPS) is 11.8. The summed E-state index contributed by atoms with van der Waals surface area (Å²) in [6.45, 7) is 6.86. The molecule has 0 radical (unpaired) electrons. The van der Waals surface area contributed by atoms with Crippen molar-refractivity contribution in [2.24, 2.45) is 0 Å². The van der Waals surface area contributed by atoms with Gasteiger partial charge in [0.15, 0.2) is 11.5 Å². The molecule has 0 fully saturated rings. The maximum atomic E-state index is 12.9. The molecule has 1 aliphatic rings. The smallest absolute Gasteiger partial charge is 0.350 e. The number of rotatable bonds is 4. The Morgan fingerprint density at radius 1 is 0.968 bits per heavy atom.